The summed E-state index contributed by atoms with van der Waals surface area (Å²) in [6.07, 6.45) is 1.33. The molecule has 0 aromatic heterocycles. The first-order valence-corrected chi connectivity index (χ1v) is 7.02. The highest BCUT2D eigenvalue weighted by Crippen LogP contribution is 2.22. The van der Waals surface area contributed by atoms with Gasteiger partial charge in [-0.25, -0.2) is 0 Å². The van der Waals surface area contributed by atoms with E-state index < -0.39 is 0 Å². The number of amides is 2. The van der Waals surface area contributed by atoms with Crippen molar-refractivity contribution in [1.82, 2.24) is 9.80 Å². The van der Waals surface area contributed by atoms with Crippen molar-refractivity contribution in [2.75, 3.05) is 26.2 Å². The number of fused-ring (bicyclic) bond motifs is 1. The van der Waals surface area contributed by atoms with Gasteiger partial charge in [0.25, 0.3) is 11.8 Å². The second-order valence-corrected chi connectivity index (χ2v) is 5.40. The van der Waals surface area contributed by atoms with E-state index in [-0.39, 0.29) is 17.9 Å². The van der Waals surface area contributed by atoms with Gasteiger partial charge in [0, 0.05) is 19.6 Å². The van der Waals surface area contributed by atoms with Gasteiger partial charge in [-0.1, -0.05) is 12.1 Å². The predicted molar refractivity (Wildman–Crippen MR) is 73.5 cm³/mol. The Bertz CT molecular complexity index is 509. The fourth-order valence-corrected chi connectivity index (χ4v) is 2.91. The zero-order chi connectivity index (χ0) is 14.1. The van der Waals surface area contributed by atoms with Crippen LogP contribution in [0.2, 0.25) is 0 Å². The second-order valence-electron chi connectivity index (χ2n) is 5.40. The molecule has 2 amide bonds. The summed E-state index contributed by atoms with van der Waals surface area (Å²) in [5.74, 6) is -0.376. The highest BCUT2D eigenvalue weighted by atomic mass is 16.3. The molecule has 0 spiro atoms. The van der Waals surface area contributed by atoms with Gasteiger partial charge in [-0.05, 0) is 31.5 Å². The molecule has 2 heterocycles. The van der Waals surface area contributed by atoms with Crippen LogP contribution in [0.4, 0.5) is 0 Å². The molecule has 1 saturated heterocycles. The van der Waals surface area contributed by atoms with Gasteiger partial charge in [0.2, 0.25) is 0 Å². The van der Waals surface area contributed by atoms with E-state index in [0.717, 1.165) is 25.9 Å². The van der Waals surface area contributed by atoms with E-state index in [9.17, 15) is 14.7 Å². The molecule has 1 fully saturated rings. The number of imide groups is 1. The van der Waals surface area contributed by atoms with Crippen LogP contribution in [0.5, 0.6) is 0 Å². The van der Waals surface area contributed by atoms with E-state index in [1.807, 2.05) is 0 Å². The maximum atomic E-state index is 12.1. The van der Waals surface area contributed by atoms with Gasteiger partial charge in [0.15, 0.2) is 0 Å². The number of carbonyl (C=O) groups excluding carboxylic acids is 2. The zero-order valence-corrected chi connectivity index (χ0v) is 11.3. The Kier molecular flexibility index (Phi) is 3.54. The molecule has 5 heteroatoms. The van der Waals surface area contributed by atoms with Gasteiger partial charge in [-0.3, -0.25) is 14.5 Å². The monoisotopic (exact) mass is 274 g/mol. The van der Waals surface area contributed by atoms with Crippen molar-refractivity contribution in [2.24, 2.45) is 0 Å². The molecular formula is C15H18N2O3. The van der Waals surface area contributed by atoms with E-state index in [1.54, 1.807) is 24.3 Å². The summed E-state index contributed by atoms with van der Waals surface area (Å²) in [5.41, 5.74) is 1.02. The smallest absolute Gasteiger partial charge is 0.261 e. The average Bonchev–Trinajstić information content (AvgIpc) is 2.97. The fraction of sp³-hybridized carbons (Fsp3) is 0.467. The molecule has 0 aliphatic carbocycles. The normalized spacial score (nSPS) is 22.6. The molecular weight excluding hydrogens is 256 g/mol. The summed E-state index contributed by atoms with van der Waals surface area (Å²) in [5, 5.41) is 9.45. The fourth-order valence-electron chi connectivity index (χ4n) is 2.91. The largest absolute Gasteiger partial charge is 0.392 e. The second kappa shape index (κ2) is 5.34. The molecule has 5 nitrogen and oxygen atoms in total. The Morgan fingerprint density at radius 2 is 1.75 bits per heavy atom. The zero-order valence-electron chi connectivity index (χ0n) is 11.3. The minimum absolute atomic E-state index is 0.188. The average molecular weight is 274 g/mol. The summed E-state index contributed by atoms with van der Waals surface area (Å²) in [6, 6.07) is 6.96. The molecule has 0 bridgehead atoms. The number of likely N-dealkylation sites (tertiary alicyclic amines) is 1. The van der Waals surface area contributed by atoms with Crippen LogP contribution in [0, 0.1) is 0 Å². The Hall–Kier alpha value is -1.72. The molecule has 0 saturated carbocycles. The Labute approximate surface area is 117 Å². The molecule has 0 unspecified atom stereocenters. The minimum Gasteiger partial charge on any atom is -0.392 e. The quantitative estimate of drug-likeness (QED) is 0.823. The van der Waals surface area contributed by atoms with Gasteiger partial charge in [0.1, 0.15) is 0 Å². The lowest BCUT2D eigenvalue weighted by Crippen LogP contribution is -2.33. The molecule has 20 heavy (non-hydrogen) atoms. The highest BCUT2D eigenvalue weighted by molar-refractivity contribution is 6.21. The van der Waals surface area contributed by atoms with E-state index >= 15 is 0 Å². The number of β-amino-alcohol motifs (C(OH)–C–C–N with tert-alkyl or cyclic N) is 1. The summed E-state index contributed by atoms with van der Waals surface area (Å²) in [6.45, 7) is 2.84. The summed E-state index contributed by atoms with van der Waals surface area (Å²) in [7, 11) is 0. The maximum absolute atomic E-state index is 12.1. The van der Waals surface area contributed by atoms with Gasteiger partial charge in [-0.2, -0.15) is 0 Å². The maximum Gasteiger partial charge on any atom is 0.261 e. The molecule has 1 atom stereocenters. The number of hydrogen-bond acceptors (Lipinski definition) is 4. The van der Waals surface area contributed by atoms with Crippen LogP contribution in [-0.4, -0.2) is 59.0 Å². The third-order valence-corrected chi connectivity index (χ3v) is 3.98. The van der Waals surface area contributed by atoms with Crippen molar-refractivity contribution in [3.05, 3.63) is 35.4 Å². The number of nitrogens with zero attached hydrogens (tertiary/aromatic N) is 2. The molecule has 3 rings (SSSR count). The van der Waals surface area contributed by atoms with Gasteiger partial charge >= 0.3 is 0 Å². The van der Waals surface area contributed by atoms with E-state index in [2.05, 4.69) is 4.90 Å². The van der Waals surface area contributed by atoms with Crippen LogP contribution in [-0.2, 0) is 0 Å². The van der Waals surface area contributed by atoms with Crippen LogP contribution in [0.3, 0.4) is 0 Å². The first-order chi connectivity index (χ1) is 9.66. The molecule has 2 aliphatic rings. The molecule has 1 aromatic carbocycles. The number of rotatable bonds is 4. The van der Waals surface area contributed by atoms with Gasteiger partial charge in [-0.15, -0.1) is 0 Å². The molecule has 2 aliphatic heterocycles. The number of hydrogen-bond donors (Lipinski definition) is 1. The van der Waals surface area contributed by atoms with E-state index in [0.29, 0.717) is 24.2 Å². The van der Waals surface area contributed by atoms with Crippen molar-refractivity contribution in [3.8, 4) is 0 Å². The predicted octanol–water partition coefficient (Wildman–Crippen LogP) is 0.739. The summed E-state index contributed by atoms with van der Waals surface area (Å²) >= 11 is 0. The molecule has 1 N–H and O–H groups in total. The van der Waals surface area contributed by atoms with Crippen LogP contribution in [0.1, 0.15) is 33.6 Å². The van der Waals surface area contributed by atoms with Crippen LogP contribution < -0.4 is 0 Å². The van der Waals surface area contributed by atoms with Gasteiger partial charge < -0.3 is 10.0 Å². The van der Waals surface area contributed by atoms with Crippen molar-refractivity contribution in [2.45, 2.75) is 18.9 Å². The number of aliphatic hydroxyl groups is 1. The number of carbonyl (C=O) groups is 2. The highest BCUT2D eigenvalue weighted by Gasteiger charge is 2.34. The van der Waals surface area contributed by atoms with E-state index in [4.69, 9.17) is 0 Å². The van der Waals surface area contributed by atoms with Crippen LogP contribution in [0.15, 0.2) is 24.3 Å². The molecule has 1 aromatic rings. The standard InChI is InChI=1S/C15H18N2O3/c18-11-6-9-16(10-11)7-3-8-17-14(19)12-4-1-2-5-13(12)15(17)20/h1-2,4-5,11,18H,3,6-10H2/t11-/m0/s1. The summed E-state index contributed by atoms with van der Waals surface area (Å²) < 4.78 is 0. The third-order valence-electron chi connectivity index (χ3n) is 3.98. The van der Waals surface area contributed by atoms with Crippen molar-refractivity contribution < 1.29 is 14.7 Å². The molecule has 0 radical (unpaired) electrons. The van der Waals surface area contributed by atoms with Gasteiger partial charge in [0.05, 0.1) is 17.2 Å². The lowest BCUT2D eigenvalue weighted by molar-refractivity contribution is 0.0647. The van der Waals surface area contributed by atoms with Crippen molar-refractivity contribution in [1.29, 1.82) is 0 Å². The SMILES string of the molecule is O=C1c2ccccc2C(=O)N1CCCN1CC[C@H](O)C1. The molecule has 106 valence electrons. The third kappa shape index (κ3) is 2.34. The minimum atomic E-state index is -0.227. The van der Waals surface area contributed by atoms with Crippen molar-refractivity contribution in [3.63, 3.8) is 0 Å². The first-order valence-electron chi connectivity index (χ1n) is 7.02. The number of benzene rings is 1. The lowest BCUT2D eigenvalue weighted by atomic mass is 10.1. The van der Waals surface area contributed by atoms with E-state index in [1.165, 1.54) is 4.90 Å². The first kappa shape index (κ1) is 13.3. The van der Waals surface area contributed by atoms with Crippen molar-refractivity contribution >= 4 is 11.8 Å². The van der Waals surface area contributed by atoms with Crippen LogP contribution in [0.25, 0.3) is 0 Å². The Morgan fingerprint density at radius 1 is 1.10 bits per heavy atom. The topological polar surface area (TPSA) is 60.9 Å². The van der Waals surface area contributed by atoms with Crippen LogP contribution >= 0.6 is 0 Å². The Balaban J connectivity index is 1.57. The Morgan fingerprint density at radius 3 is 2.30 bits per heavy atom. The number of aliphatic hydroxyl groups excluding tert-OH is 1. The summed E-state index contributed by atoms with van der Waals surface area (Å²) in [4.78, 5) is 27.8. The lowest BCUT2D eigenvalue weighted by Gasteiger charge is -2.18.